The first-order chi connectivity index (χ1) is 12.6. The van der Waals surface area contributed by atoms with Crippen LogP contribution in [0.1, 0.15) is 57.3 Å². The molecule has 1 fully saturated rings. The predicted octanol–water partition coefficient (Wildman–Crippen LogP) is 1.85. The summed E-state index contributed by atoms with van der Waals surface area (Å²) < 4.78 is 0. The Labute approximate surface area is 159 Å². The van der Waals surface area contributed by atoms with Crippen molar-refractivity contribution in [3.63, 3.8) is 0 Å². The van der Waals surface area contributed by atoms with Crippen molar-refractivity contribution in [1.82, 2.24) is 15.5 Å². The molecule has 1 spiro atoms. The van der Waals surface area contributed by atoms with E-state index in [0.29, 0.717) is 24.9 Å². The summed E-state index contributed by atoms with van der Waals surface area (Å²) >= 11 is 0. The Morgan fingerprint density at radius 3 is 2.59 bits per heavy atom. The minimum atomic E-state index is -0.671. The normalized spacial score (nSPS) is 23.8. The number of carbonyl (C=O) groups is 3. The van der Waals surface area contributed by atoms with Crippen molar-refractivity contribution in [1.29, 1.82) is 0 Å². The first-order valence-electron chi connectivity index (χ1n) is 9.41. The second-order valence-corrected chi connectivity index (χ2v) is 8.46. The number of para-hydroxylation sites is 1. The number of nitrogens with one attached hydrogen (secondary N) is 3. The molecule has 2 atom stereocenters. The van der Waals surface area contributed by atoms with E-state index in [9.17, 15) is 14.4 Å². The van der Waals surface area contributed by atoms with Crippen LogP contribution in [0.4, 0.5) is 5.69 Å². The van der Waals surface area contributed by atoms with E-state index in [0.717, 1.165) is 5.69 Å². The van der Waals surface area contributed by atoms with Gasteiger partial charge >= 0.3 is 0 Å². The number of anilines is 1. The highest BCUT2D eigenvalue weighted by Crippen LogP contribution is 2.32. The van der Waals surface area contributed by atoms with Crippen molar-refractivity contribution in [2.24, 2.45) is 0 Å². The zero-order valence-electron chi connectivity index (χ0n) is 16.4. The molecule has 2 aliphatic rings. The number of hydrogen-bond acceptors (Lipinski definition) is 4. The number of nitrogens with zero attached hydrogens (tertiary/aromatic N) is 1. The van der Waals surface area contributed by atoms with E-state index in [2.05, 4.69) is 16.0 Å². The van der Waals surface area contributed by atoms with Crippen LogP contribution in [0.25, 0.3) is 0 Å². The molecule has 0 unspecified atom stereocenters. The molecular weight excluding hydrogens is 344 g/mol. The third kappa shape index (κ3) is 4.07. The maximum Gasteiger partial charge on any atom is 0.255 e. The molecule has 1 aromatic carbocycles. The van der Waals surface area contributed by atoms with E-state index in [1.54, 1.807) is 17.9 Å². The Hall–Kier alpha value is -2.57. The molecular formula is C20H28N4O3. The maximum absolute atomic E-state index is 12.7. The molecule has 0 saturated carbocycles. The topological polar surface area (TPSA) is 90.5 Å². The van der Waals surface area contributed by atoms with Crippen molar-refractivity contribution >= 4 is 23.4 Å². The van der Waals surface area contributed by atoms with E-state index < -0.39 is 11.7 Å². The highest BCUT2D eigenvalue weighted by Gasteiger charge is 2.41. The van der Waals surface area contributed by atoms with Gasteiger partial charge in [-0.3, -0.25) is 14.4 Å². The lowest BCUT2D eigenvalue weighted by atomic mass is 9.95. The second-order valence-electron chi connectivity index (χ2n) is 8.46. The molecule has 2 heterocycles. The second kappa shape index (κ2) is 6.87. The SMILES string of the molecule is C[C@@H](C(=O)NC(C)(C)C)N1CC[C@@]2(CCC1=O)NC(=O)c1ccccc1N2. The molecule has 0 aromatic heterocycles. The Kier molecular flexibility index (Phi) is 4.88. The van der Waals surface area contributed by atoms with Crippen LogP contribution < -0.4 is 16.0 Å². The number of benzene rings is 1. The van der Waals surface area contributed by atoms with E-state index in [1.165, 1.54) is 0 Å². The highest BCUT2D eigenvalue weighted by atomic mass is 16.2. The van der Waals surface area contributed by atoms with Crippen LogP contribution in [0, 0.1) is 0 Å². The van der Waals surface area contributed by atoms with Crippen molar-refractivity contribution in [2.75, 3.05) is 11.9 Å². The molecule has 2 aliphatic heterocycles. The molecule has 0 aliphatic carbocycles. The Morgan fingerprint density at radius 1 is 1.19 bits per heavy atom. The van der Waals surface area contributed by atoms with Gasteiger partial charge in [0.2, 0.25) is 11.8 Å². The number of carbonyl (C=O) groups excluding carboxylic acids is 3. The van der Waals surface area contributed by atoms with Gasteiger partial charge in [-0.05, 0) is 46.2 Å². The molecule has 1 aromatic rings. The molecule has 0 radical (unpaired) electrons. The third-order valence-electron chi connectivity index (χ3n) is 5.11. The van der Waals surface area contributed by atoms with Gasteiger partial charge in [0.15, 0.2) is 0 Å². The van der Waals surface area contributed by atoms with Gasteiger partial charge in [0.1, 0.15) is 11.7 Å². The van der Waals surface area contributed by atoms with Crippen LogP contribution in [0.2, 0.25) is 0 Å². The Morgan fingerprint density at radius 2 is 1.89 bits per heavy atom. The molecule has 3 rings (SSSR count). The lowest BCUT2D eigenvalue weighted by Gasteiger charge is -2.40. The van der Waals surface area contributed by atoms with Gasteiger partial charge in [0, 0.05) is 30.6 Å². The summed E-state index contributed by atoms with van der Waals surface area (Å²) in [6.07, 6.45) is 1.28. The summed E-state index contributed by atoms with van der Waals surface area (Å²) in [5, 5.41) is 9.39. The Balaban J connectivity index is 1.76. The number of amides is 3. The molecule has 7 nitrogen and oxygen atoms in total. The molecule has 1 saturated heterocycles. The van der Waals surface area contributed by atoms with Crippen molar-refractivity contribution < 1.29 is 14.4 Å². The minimum Gasteiger partial charge on any atom is -0.362 e. The van der Waals surface area contributed by atoms with Crippen LogP contribution in [0.15, 0.2) is 24.3 Å². The van der Waals surface area contributed by atoms with Gasteiger partial charge < -0.3 is 20.9 Å². The average Bonchev–Trinajstić information content (AvgIpc) is 2.73. The maximum atomic E-state index is 12.7. The smallest absolute Gasteiger partial charge is 0.255 e. The van der Waals surface area contributed by atoms with Crippen LogP contribution in [-0.4, -0.2) is 46.4 Å². The zero-order chi connectivity index (χ0) is 19.8. The average molecular weight is 372 g/mol. The van der Waals surface area contributed by atoms with Crippen LogP contribution in [0.5, 0.6) is 0 Å². The van der Waals surface area contributed by atoms with E-state index in [-0.39, 0.29) is 29.7 Å². The van der Waals surface area contributed by atoms with Crippen LogP contribution in [-0.2, 0) is 9.59 Å². The van der Waals surface area contributed by atoms with Crippen LogP contribution in [0.3, 0.4) is 0 Å². The monoisotopic (exact) mass is 372 g/mol. The summed E-state index contributed by atoms with van der Waals surface area (Å²) in [6.45, 7) is 7.88. The quantitative estimate of drug-likeness (QED) is 0.739. The molecule has 27 heavy (non-hydrogen) atoms. The summed E-state index contributed by atoms with van der Waals surface area (Å²) in [5.74, 6) is -0.375. The minimum absolute atomic E-state index is 0.0710. The Bertz CT molecular complexity index is 771. The van der Waals surface area contributed by atoms with E-state index in [4.69, 9.17) is 0 Å². The standard InChI is InChI=1S/C20H28N4O3/c1-13(17(26)22-19(2,3)4)24-12-11-20(10-9-16(24)25)21-15-8-6-5-7-14(15)18(27)23-20/h5-8,13,21H,9-12H2,1-4H3,(H,22,26)(H,23,27)/t13-,20+/m0/s1. The first-order valence-corrected chi connectivity index (χ1v) is 9.41. The van der Waals surface area contributed by atoms with Gasteiger partial charge in [-0.25, -0.2) is 0 Å². The first kappa shape index (κ1) is 19.2. The van der Waals surface area contributed by atoms with Gasteiger partial charge in [0.05, 0.1) is 5.56 Å². The van der Waals surface area contributed by atoms with Crippen molar-refractivity contribution in [3.05, 3.63) is 29.8 Å². The predicted molar refractivity (Wildman–Crippen MR) is 103 cm³/mol. The van der Waals surface area contributed by atoms with Crippen LogP contribution >= 0.6 is 0 Å². The summed E-state index contributed by atoms with van der Waals surface area (Å²) in [7, 11) is 0. The lowest BCUT2D eigenvalue weighted by molar-refractivity contribution is -0.140. The van der Waals surface area contributed by atoms with Crippen molar-refractivity contribution in [2.45, 2.75) is 64.2 Å². The largest absolute Gasteiger partial charge is 0.362 e. The van der Waals surface area contributed by atoms with Crippen molar-refractivity contribution in [3.8, 4) is 0 Å². The highest BCUT2D eigenvalue weighted by molar-refractivity contribution is 6.02. The molecule has 3 N–H and O–H groups in total. The third-order valence-corrected chi connectivity index (χ3v) is 5.11. The lowest BCUT2D eigenvalue weighted by Crippen LogP contribution is -2.58. The molecule has 146 valence electrons. The van der Waals surface area contributed by atoms with Gasteiger partial charge in [-0.15, -0.1) is 0 Å². The number of fused-ring (bicyclic) bond motifs is 1. The molecule has 7 heteroatoms. The van der Waals surface area contributed by atoms with Gasteiger partial charge in [-0.1, -0.05) is 12.1 Å². The molecule has 3 amide bonds. The fraction of sp³-hybridized carbons (Fsp3) is 0.550. The number of rotatable bonds is 2. The number of hydrogen-bond donors (Lipinski definition) is 3. The summed E-state index contributed by atoms with van der Waals surface area (Å²) in [6, 6.07) is 6.80. The zero-order valence-corrected chi connectivity index (χ0v) is 16.4. The fourth-order valence-corrected chi connectivity index (χ4v) is 3.66. The summed E-state index contributed by atoms with van der Waals surface area (Å²) in [4.78, 5) is 39.3. The summed E-state index contributed by atoms with van der Waals surface area (Å²) in [5.41, 5.74) is 0.356. The fourth-order valence-electron chi connectivity index (χ4n) is 3.66. The van der Waals surface area contributed by atoms with Gasteiger partial charge in [0.25, 0.3) is 5.91 Å². The number of likely N-dealkylation sites (tertiary alicyclic amines) is 1. The van der Waals surface area contributed by atoms with E-state index in [1.807, 2.05) is 39.0 Å². The van der Waals surface area contributed by atoms with Gasteiger partial charge in [-0.2, -0.15) is 0 Å². The van der Waals surface area contributed by atoms with E-state index >= 15 is 0 Å². The molecule has 0 bridgehead atoms.